The topological polar surface area (TPSA) is 40.9 Å². The smallest absolute Gasteiger partial charge is 0.179 e. The van der Waals surface area contributed by atoms with Crippen LogP contribution >= 0.6 is 11.6 Å². The van der Waals surface area contributed by atoms with Gasteiger partial charge in [-0.2, -0.15) is 5.26 Å². The average molecular weight is 236 g/mol. The summed E-state index contributed by atoms with van der Waals surface area (Å²) in [6.45, 7) is 3.81. The molecule has 0 N–H and O–H groups in total. The highest BCUT2D eigenvalue weighted by Crippen LogP contribution is 2.20. The zero-order valence-electron chi connectivity index (χ0n) is 9.46. The lowest BCUT2D eigenvalue weighted by Crippen LogP contribution is -2.12. The highest BCUT2D eigenvalue weighted by molar-refractivity contribution is 6.31. The van der Waals surface area contributed by atoms with E-state index in [1.807, 2.05) is 13.8 Å². The maximum absolute atomic E-state index is 12.0. The number of aryl methyl sites for hydroxylation is 1. The molecular weight excluding hydrogens is 222 g/mol. The summed E-state index contributed by atoms with van der Waals surface area (Å²) >= 11 is 5.88. The fraction of sp³-hybridized carbons (Fsp3) is 0.385. The van der Waals surface area contributed by atoms with E-state index in [4.69, 9.17) is 16.9 Å². The second-order valence-corrected chi connectivity index (χ2v) is 4.21. The molecule has 0 saturated carbocycles. The Balaban J connectivity index is 2.96. The van der Waals surface area contributed by atoms with Crippen LogP contribution in [0.4, 0.5) is 0 Å². The third-order valence-corrected chi connectivity index (χ3v) is 2.92. The number of halogens is 1. The van der Waals surface area contributed by atoms with E-state index in [0.29, 0.717) is 17.0 Å². The van der Waals surface area contributed by atoms with Crippen LogP contribution in [0.5, 0.6) is 0 Å². The SMILES string of the molecule is CCCC(C#N)C(=O)c1ccc(Cl)c(C)c1. The van der Waals surface area contributed by atoms with Crippen LogP contribution in [0.1, 0.15) is 35.7 Å². The minimum Gasteiger partial charge on any atom is -0.293 e. The summed E-state index contributed by atoms with van der Waals surface area (Å²) < 4.78 is 0. The summed E-state index contributed by atoms with van der Waals surface area (Å²) in [4.78, 5) is 12.0. The summed E-state index contributed by atoms with van der Waals surface area (Å²) in [6.07, 6.45) is 1.44. The lowest BCUT2D eigenvalue weighted by atomic mass is 9.94. The van der Waals surface area contributed by atoms with Crippen molar-refractivity contribution in [1.82, 2.24) is 0 Å². The number of nitriles is 1. The Labute approximate surface area is 101 Å². The van der Waals surface area contributed by atoms with Gasteiger partial charge in [0.15, 0.2) is 5.78 Å². The highest BCUT2D eigenvalue weighted by atomic mass is 35.5. The van der Waals surface area contributed by atoms with Gasteiger partial charge in [-0.25, -0.2) is 0 Å². The van der Waals surface area contributed by atoms with Gasteiger partial charge in [-0.15, -0.1) is 0 Å². The number of nitrogens with zero attached hydrogens (tertiary/aromatic N) is 1. The Morgan fingerprint density at radius 1 is 1.56 bits per heavy atom. The quantitative estimate of drug-likeness (QED) is 0.746. The number of hydrogen-bond acceptors (Lipinski definition) is 2. The number of carbonyl (C=O) groups excluding carboxylic acids is 1. The van der Waals surface area contributed by atoms with Crippen LogP contribution in [0.15, 0.2) is 18.2 Å². The van der Waals surface area contributed by atoms with Gasteiger partial charge in [0.25, 0.3) is 0 Å². The number of ketones is 1. The molecule has 1 aromatic carbocycles. The van der Waals surface area contributed by atoms with E-state index >= 15 is 0 Å². The number of benzene rings is 1. The molecule has 0 saturated heterocycles. The fourth-order valence-electron chi connectivity index (χ4n) is 1.54. The molecule has 84 valence electrons. The third kappa shape index (κ3) is 2.84. The first-order valence-corrected chi connectivity index (χ1v) is 5.68. The molecular formula is C13H14ClNO. The van der Waals surface area contributed by atoms with Crippen molar-refractivity contribution in [2.75, 3.05) is 0 Å². The molecule has 0 spiro atoms. The van der Waals surface area contributed by atoms with Gasteiger partial charge >= 0.3 is 0 Å². The molecule has 3 heteroatoms. The van der Waals surface area contributed by atoms with Crippen molar-refractivity contribution in [1.29, 1.82) is 5.26 Å². The first-order valence-electron chi connectivity index (χ1n) is 5.30. The second-order valence-electron chi connectivity index (χ2n) is 3.80. The van der Waals surface area contributed by atoms with Gasteiger partial charge in [-0.1, -0.05) is 24.9 Å². The van der Waals surface area contributed by atoms with Gasteiger partial charge in [0.1, 0.15) is 5.92 Å². The van der Waals surface area contributed by atoms with Crippen molar-refractivity contribution in [3.63, 3.8) is 0 Å². The molecule has 0 aliphatic rings. The molecule has 0 aromatic heterocycles. The van der Waals surface area contributed by atoms with Crippen LogP contribution in [0.2, 0.25) is 5.02 Å². The van der Waals surface area contributed by atoms with Crippen LogP contribution in [-0.2, 0) is 0 Å². The van der Waals surface area contributed by atoms with Crippen molar-refractivity contribution >= 4 is 17.4 Å². The van der Waals surface area contributed by atoms with Crippen molar-refractivity contribution in [3.8, 4) is 6.07 Å². The lowest BCUT2D eigenvalue weighted by Gasteiger charge is -2.07. The zero-order valence-corrected chi connectivity index (χ0v) is 10.2. The number of Topliss-reactive ketones (excluding diaryl/α,β-unsaturated/α-hetero) is 1. The Bertz CT molecular complexity index is 434. The van der Waals surface area contributed by atoms with E-state index < -0.39 is 5.92 Å². The molecule has 0 bridgehead atoms. The maximum atomic E-state index is 12.0. The Morgan fingerprint density at radius 2 is 2.25 bits per heavy atom. The predicted octanol–water partition coefficient (Wildman–Crippen LogP) is 3.77. The summed E-state index contributed by atoms with van der Waals surface area (Å²) in [5, 5.41) is 9.56. The van der Waals surface area contributed by atoms with Crippen LogP contribution in [-0.4, -0.2) is 5.78 Å². The molecule has 1 atom stereocenters. The molecule has 16 heavy (non-hydrogen) atoms. The Morgan fingerprint density at radius 3 is 2.75 bits per heavy atom. The van der Waals surface area contributed by atoms with Crippen LogP contribution in [0.25, 0.3) is 0 Å². The normalized spacial score (nSPS) is 11.9. The summed E-state index contributed by atoms with van der Waals surface area (Å²) in [6, 6.07) is 7.17. The average Bonchev–Trinajstić information content (AvgIpc) is 2.28. The molecule has 0 amide bonds. The van der Waals surface area contributed by atoms with E-state index in [-0.39, 0.29) is 5.78 Å². The molecule has 2 nitrogen and oxygen atoms in total. The molecule has 1 rings (SSSR count). The van der Waals surface area contributed by atoms with Gasteiger partial charge in [0.05, 0.1) is 6.07 Å². The van der Waals surface area contributed by atoms with Crippen LogP contribution in [0, 0.1) is 24.2 Å². The number of hydrogen-bond donors (Lipinski definition) is 0. The van der Waals surface area contributed by atoms with Crippen LogP contribution < -0.4 is 0 Å². The summed E-state index contributed by atoms with van der Waals surface area (Å²) in [5.74, 6) is -0.644. The maximum Gasteiger partial charge on any atom is 0.179 e. The molecule has 1 unspecified atom stereocenters. The fourth-order valence-corrected chi connectivity index (χ4v) is 1.66. The minimum atomic E-state index is -0.537. The van der Waals surface area contributed by atoms with Crippen molar-refractivity contribution in [2.45, 2.75) is 26.7 Å². The van der Waals surface area contributed by atoms with E-state index in [1.165, 1.54) is 0 Å². The molecule has 0 aliphatic carbocycles. The van der Waals surface area contributed by atoms with E-state index in [0.717, 1.165) is 12.0 Å². The Kier molecular flexibility index (Phi) is 4.52. The van der Waals surface area contributed by atoms with Gasteiger partial charge in [-0.3, -0.25) is 4.79 Å². The van der Waals surface area contributed by atoms with Crippen molar-refractivity contribution < 1.29 is 4.79 Å². The van der Waals surface area contributed by atoms with Crippen molar-refractivity contribution in [3.05, 3.63) is 34.3 Å². The van der Waals surface area contributed by atoms with Crippen LogP contribution in [0.3, 0.4) is 0 Å². The first-order chi connectivity index (χ1) is 7.60. The second kappa shape index (κ2) is 5.67. The van der Waals surface area contributed by atoms with Gasteiger partial charge < -0.3 is 0 Å². The van der Waals surface area contributed by atoms with E-state index in [9.17, 15) is 4.79 Å². The van der Waals surface area contributed by atoms with E-state index in [1.54, 1.807) is 18.2 Å². The molecule has 1 aromatic rings. The first kappa shape index (κ1) is 12.7. The third-order valence-electron chi connectivity index (χ3n) is 2.49. The minimum absolute atomic E-state index is 0.107. The molecule has 0 fully saturated rings. The standard InChI is InChI=1S/C13H14ClNO/c1-3-4-11(8-15)13(16)10-5-6-12(14)9(2)7-10/h5-7,11H,3-4H2,1-2H3. The van der Waals surface area contributed by atoms with E-state index in [2.05, 4.69) is 6.07 Å². The summed E-state index contributed by atoms with van der Waals surface area (Å²) in [5.41, 5.74) is 1.43. The predicted molar refractivity (Wildman–Crippen MR) is 64.5 cm³/mol. The number of rotatable bonds is 4. The highest BCUT2D eigenvalue weighted by Gasteiger charge is 2.18. The molecule has 0 radical (unpaired) electrons. The van der Waals surface area contributed by atoms with Gasteiger partial charge in [0, 0.05) is 10.6 Å². The van der Waals surface area contributed by atoms with Gasteiger partial charge in [0.2, 0.25) is 0 Å². The monoisotopic (exact) mass is 235 g/mol. The zero-order chi connectivity index (χ0) is 12.1. The Hall–Kier alpha value is -1.33. The summed E-state index contributed by atoms with van der Waals surface area (Å²) in [7, 11) is 0. The lowest BCUT2D eigenvalue weighted by molar-refractivity contribution is 0.0943. The van der Waals surface area contributed by atoms with Crippen molar-refractivity contribution in [2.24, 2.45) is 5.92 Å². The molecule has 0 aliphatic heterocycles. The largest absolute Gasteiger partial charge is 0.293 e. The number of carbonyl (C=O) groups is 1. The van der Waals surface area contributed by atoms with Gasteiger partial charge in [-0.05, 0) is 37.1 Å². The molecule has 0 heterocycles.